The first-order chi connectivity index (χ1) is 7.15. The summed E-state index contributed by atoms with van der Waals surface area (Å²) in [5.74, 6) is 0.223. The Morgan fingerprint density at radius 2 is 2.07 bits per heavy atom. The lowest BCUT2D eigenvalue weighted by Gasteiger charge is -2.13. The van der Waals surface area contributed by atoms with E-state index in [0.717, 1.165) is 11.3 Å². The van der Waals surface area contributed by atoms with E-state index in [1.807, 2.05) is 24.3 Å². The molecule has 3 heteroatoms. The normalized spacial score (nSPS) is 10.4. The van der Waals surface area contributed by atoms with Gasteiger partial charge in [-0.25, -0.2) is 0 Å². The number of amides is 1. The number of aliphatic hydroxyl groups excluding tert-OH is 1. The molecule has 0 aromatic heterocycles. The van der Waals surface area contributed by atoms with Crippen molar-refractivity contribution >= 4 is 11.6 Å². The molecule has 0 aliphatic rings. The van der Waals surface area contributed by atoms with Crippen molar-refractivity contribution in [3.05, 3.63) is 29.8 Å². The standard InChI is InChI=1S/C12H17NO2/c1-9(2)10-5-3-4-6-11(10)13-12(15)7-8-14/h3-6,9,14H,7-8H2,1-2H3,(H,13,15). The Morgan fingerprint density at radius 1 is 1.40 bits per heavy atom. The highest BCUT2D eigenvalue weighted by atomic mass is 16.3. The highest BCUT2D eigenvalue weighted by molar-refractivity contribution is 5.91. The molecule has 82 valence electrons. The number of carbonyl (C=O) groups is 1. The molecule has 2 N–H and O–H groups in total. The van der Waals surface area contributed by atoms with Gasteiger partial charge in [0.15, 0.2) is 0 Å². The summed E-state index contributed by atoms with van der Waals surface area (Å²) >= 11 is 0. The smallest absolute Gasteiger partial charge is 0.226 e. The Labute approximate surface area is 90.1 Å². The van der Waals surface area contributed by atoms with Crippen molar-refractivity contribution in [2.24, 2.45) is 0 Å². The third-order valence-corrected chi connectivity index (χ3v) is 2.20. The number of rotatable bonds is 4. The second kappa shape index (κ2) is 5.51. The molecule has 1 rings (SSSR count). The number of aliphatic hydroxyl groups is 1. The maximum absolute atomic E-state index is 11.3. The minimum absolute atomic E-state index is 0.115. The van der Waals surface area contributed by atoms with Gasteiger partial charge in [-0.05, 0) is 17.5 Å². The van der Waals surface area contributed by atoms with Crippen LogP contribution in [-0.2, 0) is 4.79 Å². The second-order valence-corrected chi connectivity index (χ2v) is 3.76. The number of para-hydroxylation sites is 1. The van der Waals surface area contributed by atoms with E-state index in [1.54, 1.807) is 0 Å². The number of benzene rings is 1. The first-order valence-corrected chi connectivity index (χ1v) is 5.14. The van der Waals surface area contributed by atoms with Gasteiger partial charge in [-0.3, -0.25) is 4.79 Å². The fourth-order valence-corrected chi connectivity index (χ4v) is 1.43. The van der Waals surface area contributed by atoms with Gasteiger partial charge < -0.3 is 10.4 Å². The number of nitrogens with one attached hydrogen (secondary N) is 1. The van der Waals surface area contributed by atoms with Crippen LogP contribution in [0.4, 0.5) is 5.69 Å². The van der Waals surface area contributed by atoms with Crippen molar-refractivity contribution in [3.8, 4) is 0 Å². The van der Waals surface area contributed by atoms with E-state index in [9.17, 15) is 4.79 Å². The molecule has 1 aromatic rings. The summed E-state index contributed by atoms with van der Waals surface area (Å²) in [5.41, 5.74) is 1.95. The van der Waals surface area contributed by atoms with E-state index in [-0.39, 0.29) is 18.9 Å². The van der Waals surface area contributed by atoms with Crippen LogP contribution < -0.4 is 5.32 Å². The van der Waals surface area contributed by atoms with E-state index in [2.05, 4.69) is 19.2 Å². The van der Waals surface area contributed by atoms with Gasteiger partial charge in [0.1, 0.15) is 0 Å². The van der Waals surface area contributed by atoms with Crippen LogP contribution in [0.5, 0.6) is 0 Å². The number of hydrogen-bond donors (Lipinski definition) is 2. The Bertz CT molecular complexity index is 334. The van der Waals surface area contributed by atoms with Gasteiger partial charge in [0, 0.05) is 5.69 Å². The monoisotopic (exact) mass is 207 g/mol. The van der Waals surface area contributed by atoms with Gasteiger partial charge in [-0.2, -0.15) is 0 Å². The van der Waals surface area contributed by atoms with Crippen LogP contribution in [0.15, 0.2) is 24.3 Å². The Kier molecular flexibility index (Phi) is 4.31. The SMILES string of the molecule is CC(C)c1ccccc1NC(=O)CCO. The fourth-order valence-electron chi connectivity index (χ4n) is 1.43. The lowest BCUT2D eigenvalue weighted by Crippen LogP contribution is -2.14. The molecule has 0 atom stereocenters. The fraction of sp³-hybridized carbons (Fsp3) is 0.417. The van der Waals surface area contributed by atoms with Crippen LogP contribution in [0, 0.1) is 0 Å². The Hall–Kier alpha value is -1.35. The van der Waals surface area contributed by atoms with Crippen molar-refractivity contribution < 1.29 is 9.90 Å². The first kappa shape index (κ1) is 11.7. The molecule has 0 spiro atoms. The first-order valence-electron chi connectivity index (χ1n) is 5.14. The molecule has 0 unspecified atom stereocenters. The topological polar surface area (TPSA) is 49.3 Å². The molecule has 0 aliphatic carbocycles. The van der Waals surface area contributed by atoms with Gasteiger partial charge in [-0.15, -0.1) is 0 Å². The van der Waals surface area contributed by atoms with E-state index >= 15 is 0 Å². The van der Waals surface area contributed by atoms with Crippen LogP contribution in [0.25, 0.3) is 0 Å². The summed E-state index contributed by atoms with van der Waals surface area (Å²) in [6.07, 6.45) is 0.145. The van der Waals surface area contributed by atoms with Gasteiger partial charge in [0.25, 0.3) is 0 Å². The van der Waals surface area contributed by atoms with Crippen molar-refractivity contribution in [2.45, 2.75) is 26.2 Å². The molecule has 1 aromatic carbocycles. The molecule has 15 heavy (non-hydrogen) atoms. The number of carbonyl (C=O) groups excluding carboxylic acids is 1. The van der Waals surface area contributed by atoms with Crippen LogP contribution in [-0.4, -0.2) is 17.6 Å². The molecule has 1 amide bonds. The summed E-state index contributed by atoms with van der Waals surface area (Å²) in [6.45, 7) is 4.05. The maximum Gasteiger partial charge on any atom is 0.226 e. The van der Waals surface area contributed by atoms with Gasteiger partial charge in [0.2, 0.25) is 5.91 Å². The molecule has 0 aliphatic heterocycles. The number of hydrogen-bond acceptors (Lipinski definition) is 2. The maximum atomic E-state index is 11.3. The lowest BCUT2D eigenvalue weighted by molar-refractivity contribution is -0.116. The largest absolute Gasteiger partial charge is 0.396 e. The van der Waals surface area contributed by atoms with Crippen LogP contribution in [0.1, 0.15) is 31.7 Å². The highest BCUT2D eigenvalue weighted by Crippen LogP contribution is 2.23. The van der Waals surface area contributed by atoms with E-state index in [1.165, 1.54) is 0 Å². The van der Waals surface area contributed by atoms with Crippen molar-refractivity contribution in [3.63, 3.8) is 0 Å². The summed E-state index contributed by atoms with van der Waals surface area (Å²) in [4.78, 5) is 11.3. The zero-order valence-electron chi connectivity index (χ0n) is 9.16. The average molecular weight is 207 g/mol. The van der Waals surface area contributed by atoms with E-state index in [0.29, 0.717) is 5.92 Å². The summed E-state index contributed by atoms with van der Waals surface area (Å²) in [7, 11) is 0. The van der Waals surface area contributed by atoms with Gasteiger partial charge in [0.05, 0.1) is 13.0 Å². The summed E-state index contributed by atoms with van der Waals surface area (Å²) in [6, 6.07) is 7.72. The van der Waals surface area contributed by atoms with E-state index in [4.69, 9.17) is 5.11 Å². The molecule has 0 saturated heterocycles. The third-order valence-electron chi connectivity index (χ3n) is 2.20. The average Bonchev–Trinajstić information content (AvgIpc) is 2.18. The van der Waals surface area contributed by atoms with Crippen LogP contribution in [0.2, 0.25) is 0 Å². The zero-order chi connectivity index (χ0) is 11.3. The predicted octanol–water partition coefficient (Wildman–Crippen LogP) is 2.13. The van der Waals surface area contributed by atoms with Crippen LogP contribution in [0.3, 0.4) is 0 Å². The molecular formula is C12H17NO2. The van der Waals surface area contributed by atoms with Crippen LogP contribution >= 0.6 is 0 Å². The van der Waals surface area contributed by atoms with Gasteiger partial charge in [-0.1, -0.05) is 32.0 Å². The molecule has 0 bridgehead atoms. The zero-order valence-corrected chi connectivity index (χ0v) is 9.16. The highest BCUT2D eigenvalue weighted by Gasteiger charge is 2.08. The van der Waals surface area contributed by atoms with Crippen molar-refractivity contribution in [2.75, 3.05) is 11.9 Å². The predicted molar refractivity (Wildman–Crippen MR) is 60.9 cm³/mol. The van der Waals surface area contributed by atoms with E-state index < -0.39 is 0 Å². The molecule has 3 nitrogen and oxygen atoms in total. The summed E-state index contributed by atoms with van der Waals surface area (Å²) < 4.78 is 0. The minimum Gasteiger partial charge on any atom is -0.396 e. The molecule has 0 radical (unpaired) electrons. The molecular weight excluding hydrogens is 190 g/mol. The Balaban J connectivity index is 2.80. The molecule has 0 heterocycles. The minimum atomic E-state index is -0.148. The second-order valence-electron chi connectivity index (χ2n) is 3.76. The van der Waals surface area contributed by atoms with Gasteiger partial charge >= 0.3 is 0 Å². The molecule has 0 fully saturated rings. The van der Waals surface area contributed by atoms with Crippen molar-refractivity contribution in [1.29, 1.82) is 0 Å². The summed E-state index contributed by atoms with van der Waals surface area (Å²) in [5, 5.41) is 11.4. The Morgan fingerprint density at radius 3 is 2.67 bits per heavy atom. The lowest BCUT2D eigenvalue weighted by atomic mass is 10.0. The third kappa shape index (κ3) is 3.36. The molecule has 0 saturated carbocycles. The quantitative estimate of drug-likeness (QED) is 0.794. The number of anilines is 1. The van der Waals surface area contributed by atoms with Crippen molar-refractivity contribution in [1.82, 2.24) is 0 Å².